The van der Waals surface area contributed by atoms with Crippen molar-refractivity contribution in [3.05, 3.63) is 40.0 Å². The second kappa shape index (κ2) is 9.38. The molecule has 2 fully saturated rings. The summed E-state index contributed by atoms with van der Waals surface area (Å²) in [5.41, 5.74) is -0.271. The molecule has 0 bridgehead atoms. The lowest BCUT2D eigenvalue weighted by Crippen LogP contribution is -2.47. The van der Waals surface area contributed by atoms with Crippen LogP contribution in [0, 0.1) is 0 Å². The highest BCUT2D eigenvalue weighted by atomic mass is 35.5. The minimum Gasteiger partial charge on any atom is -0.356 e. The van der Waals surface area contributed by atoms with Crippen LogP contribution in [0.5, 0.6) is 0 Å². The van der Waals surface area contributed by atoms with E-state index in [1.807, 2.05) is 0 Å². The Morgan fingerprint density at radius 1 is 0.968 bits per heavy atom. The molecule has 0 amide bonds. The zero-order valence-electron chi connectivity index (χ0n) is 16.9. The maximum Gasteiger partial charge on any atom is 0.421 e. The van der Waals surface area contributed by atoms with Gasteiger partial charge in [-0.15, -0.1) is 0 Å². The van der Waals surface area contributed by atoms with E-state index in [1.165, 1.54) is 19.3 Å². The molecule has 0 atom stereocenters. The van der Waals surface area contributed by atoms with E-state index >= 15 is 0 Å². The minimum absolute atomic E-state index is 0.0813. The number of likely N-dealkylation sites (tertiary alicyclic amines) is 1. The van der Waals surface area contributed by atoms with Gasteiger partial charge in [0.2, 0.25) is 5.95 Å². The molecule has 4 rings (SSSR count). The lowest BCUT2D eigenvalue weighted by molar-refractivity contribution is -0.137. The molecule has 168 valence electrons. The van der Waals surface area contributed by atoms with Crippen LogP contribution < -0.4 is 10.2 Å². The number of rotatable bonds is 4. The largest absolute Gasteiger partial charge is 0.421 e. The van der Waals surface area contributed by atoms with E-state index in [0.29, 0.717) is 34.9 Å². The van der Waals surface area contributed by atoms with Crippen molar-refractivity contribution in [1.29, 1.82) is 0 Å². The number of anilines is 3. The number of hydrogen-bond acceptors (Lipinski definition) is 5. The zero-order valence-corrected chi connectivity index (χ0v) is 18.4. The molecule has 0 unspecified atom stereocenters. The maximum atomic E-state index is 13.7. The summed E-state index contributed by atoms with van der Waals surface area (Å²) in [6.45, 7) is 3.24. The molecule has 0 spiro atoms. The van der Waals surface area contributed by atoms with E-state index in [2.05, 4.69) is 20.2 Å². The Bertz CT molecular complexity index is 910. The highest BCUT2D eigenvalue weighted by Crippen LogP contribution is 2.37. The molecule has 0 radical (unpaired) electrons. The number of nitrogens with one attached hydrogen (secondary N) is 1. The molecule has 31 heavy (non-hydrogen) atoms. The number of aromatic nitrogens is 2. The maximum absolute atomic E-state index is 13.7. The van der Waals surface area contributed by atoms with Crippen LogP contribution >= 0.6 is 23.2 Å². The fraction of sp³-hybridized carbons (Fsp3) is 0.524. The van der Waals surface area contributed by atoms with Crippen molar-refractivity contribution < 1.29 is 13.2 Å². The van der Waals surface area contributed by atoms with Crippen molar-refractivity contribution in [3.63, 3.8) is 0 Å². The highest BCUT2D eigenvalue weighted by Gasteiger charge is 2.38. The third-order valence-electron chi connectivity index (χ3n) is 5.92. The van der Waals surface area contributed by atoms with E-state index < -0.39 is 11.7 Å². The number of halogens is 5. The molecule has 1 N–H and O–H groups in total. The molecule has 2 saturated heterocycles. The Balaban J connectivity index is 1.53. The third-order valence-corrected chi connectivity index (χ3v) is 6.66. The summed E-state index contributed by atoms with van der Waals surface area (Å²) in [4.78, 5) is 12.3. The van der Waals surface area contributed by atoms with Gasteiger partial charge in [-0.25, -0.2) is 4.98 Å². The molecule has 0 saturated carbocycles. The third kappa shape index (κ3) is 5.35. The molecule has 1 aromatic carbocycles. The lowest BCUT2D eigenvalue weighted by atomic mass is 9.99. The average Bonchev–Trinajstić information content (AvgIpc) is 2.76. The van der Waals surface area contributed by atoms with Crippen molar-refractivity contribution in [3.8, 4) is 0 Å². The van der Waals surface area contributed by atoms with Crippen molar-refractivity contribution >= 4 is 40.7 Å². The van der Waals surface area contributed by atoms with E-state index in [4.69, 9.17) is 23.2 Å². The van der Waals surface area contributed by atoms with Crippen LogP contribution in [0.4, 0.5) is 30.6 Å². The fourth-order valence-electron chi connectivity index (χ4n) is 4.30. The Morgan fingerprint density at radius 2 is 1.68 bits per heavy atom. The van der Waals surface area contributed by atoms with Gasteiger partial charge in [0.1, 0.15) is 11.4 Å². The summed E-state index contributed by atoms with van der Waals surface area (Å²) < 4.78 is 41.0. The van der Waals surface area contributed by atoms with Crippen LogP contribution in [0.25, 0.3) is 0 Å². The molecular formula is C21H24Cl2F3N5. The normalized spacial score (nSPS) is 18.9. The first kappa shape index (κ1) is 22.4. The van der Waals surface area contributed by atoms with Crippen molar-refractivity contribution in [2.45, 2.75) is 44.3 Å². The number of alkyl halides is 3. The van der Waals surface area contributed by atoms with Crippen molar-refractivity contribution in [2.24, 2.45) is 0 Å². The Labute approximate surface area is 189 Å². The second-order valence-electron chi connectivity index (χ2n) is 8.00. The predicted molar refractivity (Wildman–Crippen MR) is 117 cm³/mol. The van der Waals surface area contributed by atoms with Gasteiger partial charge in [-0.05, 0) is 57.0 Å². The van der Waals surface area contributed by atoms with Gasteiger partial charge in [0.15, 0.2) is 0 Å². The smallest absolute Gasteiger partial charge is 0.356 e. The summed E-state index contributed by atoms with van der Waals surface area (Å²) in [6.07, 6.45) is 1.65. The molecule has 3 heterocycles. The molecule has 2 aliphatic heterocycles. The number of hydrogen-bond donors (Lipinski definition) is 1. The van der Waals surface area contributed by atoms with Crippen LogP contribution in [-0.4, -0.2) is 47.1 Å². The predicted octanol–water partition coefficient (Wildman–Crippen LogP) is 6.00. The van der Waals surface area contributed by atoms with E-state index in [9.17, 15) is 13.2 Å². The van der Waals surface area contributed by atoms with Crippen LogP contribution in [-0.2, 0) is 6.18 Å². The first-order valence-corrected chi connectivity index (χ1v) is 11.2. The zero-order chi connectivity index (χ0) is 22.0. The van der Waals surface area contributed by atoms with Gasteiger partial charge in [0, 0.05) is 31.0 Å². The quantitative estimate of drug-likeness (QED) is 0.589. The van der Waals surface area contributed by atoms with Gasteiger partial charge < -0.3 is 15.1 Å². The average molecular weight is 474 g/mol. The minimum atomic E-state index is -4.53. The molecule has 5 nitrogen and oxygen atoms in total. The first-order chi connectivity index (χ1) is 14.8. The fourth-order valence-corrected chi connectivity index (χ4v) is 4.60. The van der Waals surface area contributed by atoms with Gasteiger partial charge in [0.05, 0.1) is 10.0 Å². The van der Waals surface area contributed by atoms with Crippen LogP contribution in [0.1, 0.15) is 37.7 Å². The summed E-state index contributed by atoms with van der Waals surface area (Å²) in [5, 5.41) is 3.64. The summed E-state index contributed by atoms with van der Waals surface area (Å²) in [5.74, 6) is 0.00157. The van der Waals surface area contributed by atoms with Gasteiger partial charge in [0.25, 0.3) is 0 Å². The number of nitrogens with zero attached hydrogens (tertiary/aromatic N) is 4. The SMILES string of the molecule is FC(F)(F)c1cnc(Nc2ccc(Cl)c(Cl)c2)nc1N1CCC(N2CCCCC2)CC1. The van der Waals surface area contributed by atoms with E-state index in [0.717, 1.165) is 32.1 Å². The standard InChI is InChI=1S/C21H24Cl2F3N5/c22-17-5-4-14(12-18(17)23)28-20-27-13-16(21(24,25)26)19(29-20)31-10-6-15(7-11-31)30-8-2-1-3-9-30/h4-5,12-13,15H,1-3,6-11H2,(H,27,28,29). The Morgan fingerprint density at radius 3 is 2.32 bits per heavy atom. The van der Waals surface area contributed by atoms with Gasteiger partial charge in [-0.2, -0.15) is 18.2 Å². The van der Waals surface area contributed by atoms with Gasteiger partial charge >= 0.3 is 6.18 Å². The molecule has 10 heteroatoms. The summed E-state index contributed by atoms with van der Waals surface area (Å²) in [7, 11) is 0. The van der Waals surface area contributed by atoms with Crippen LogP contribution in [0.15, 0.2) is 24.4 Å². The lowest BCUT2D eigenvalue weighted by Gasteiger charge is -2.41. The monoisotopic (exact) mass is 473 g/mol. The topological polar surface area (TPSA) is 44.3 Å². The van der Waals surface area contributed by atoms with Crippen LogP contribution in [0.2, 0.25) is 10.0 Å². The summed E-state index contributed by atoms with van der Waals surface area (Å²) in [6, 6.07) is 5.28. The number of benzene rings is 1. The van der Waals surface area contributed by atoms with Crippen LogP contribution in [0.3, 0.4) is 0 Å². The molecule has 2 aliphatic rings. The van der Waals surface area contributed by atoms with Crippen molar-refractivity contribution in [2.75, 3.05) is 36.4 Å². The molecule has 0 aliphatic carbocycles. The Kier molecular flexibility index (Phi) is 6.79. The molecular weight excluding hydrogens is 450 g/mol. The van der Waals surface area contributed by atoms with E-state index in [-0.39, 0.29) is 11.8 Å². The molecule has 2 aromatic rings. The number of piperidine rings is 2. The van der Waals surface area contributed by atoms with Gasteiger partial charge in [-0.1, -0.05) is 29.6 Å². The first-order valence-electron chi connectivity index (χ1n) is 10.5. The highest BCUT2D eigenvalue weighted by molar-refractivity contribution is 6.42. The van der Waals surface area contributed by atoms with Crippen molar-refractivity contribution in [1.82, 2.24) is 14.9 Å². The Hall–Kier alpha value is -1.77. The van der Waals surface area contributed by atoms with Gasteiger partial charge in [-0.3, -0.25) is 0 Å². The summed E-state index contributed by atoms with van der Waals surface area (Å²) >= 11 is 11.9. The molecule has 1 aromatic heterocycles. The second-order valence-corrected chi connectivity index (χ2v) is 8.81. The van der Waals surface area contributed by atoms with E-state index in [1.54, 1.807) is 23.1 Å².